The molecule has 1 radical (unpaired) electrons. The topological polar surface area (TPSA) is 0 Å². The lowest BCUT2D eigenvalue weighted by molar-refractivity contribution is 1.51. The molecule has 0 saturated carbocycles. The fourth-order valence-electron chi connectivity index (χ4n) is 1.12. The number of benzene rings is 1. The van der Waals surface area contributed by atoms with E-state index in [0.717, 1.165) is 0 Å². The average molecular weight is 145 g/mol. The molecule has 0 amide bonds. The molecular formula is C9H9Si. The predicted octanol–water partition coefficient (Wildman–Crippen LogP) is 1.35. The monoisotopic (exact) mass is 145 g/mol. The molecule has 0 saturated heterocycles. The number of rotatable bonds is 1. The first kappa shape index (κ1) is 5.92. The van der Waals surface area contributed by atoms with Crippen LogP contribution in [0.2, 0.25) is 0 Å². The first-order chi connectivity index (χ1) is 4.88. The molecule has 10 heavy (non-hydrogen) atoms. The quantitative estimate of drug-likeness (QED) is 0.523. The van der Waals surface area contributed by atoms with E-state index in [1.54, 1.807) is 5.19 Å². The highest BCUT2D eigenvalue weighted by Gasteiger charge is 2.17. The molecule has 1 aromatic rings. The summed E-state index contributed by atoms with van der Waals surface area (Å²) in [6.45, 7) is 2.19. The van der Waals surface area contributed by atoms with Crippen molar-refractivity contribution in [2.45, 2.75) is 6.92 Å². The summed E-state index contributed by atoms with van der Waals surface area (Å²) < 4.78 is 0. The molecule has 0 fully saturated rings. The SMILES string of the molecule is Cc1ccccc1[Si]1C=C1. The second kappa shape index (κ2) is 2.10. The molecule has 0 atom stereocenters. The van der Waals surface area contributed by atoms with Crippen molar-refractivity contribution in [3.8, 4) is 0 Å². The summed E-state index contributed by atoms with van der Waals surface area (Å²) in [5.74, 6) is 0. The summed E-state index contributed by atoms with van der Waals surface area (Å²) in [5, 5.41) is 1.56. The molecule has 49 valence electrons. The lowest BCUT2D eigenvalue weighted by atomic mass is 10.2. The third kappa shape index (κ3) is 0.928. The van der Waals surface area contributed by atoms with Gasteiger partial charge in [-0.1, -0.05) is 41.2 Å². The van der Waals surface area contributed by atoms with Crippen molar-refractivity contribution in [2.24, 2.45) is 0 Å². The van der Waals surface area contributed by atoms with Gasteiger partial charge in [-0.15, -0.1) is 0 Å². The predicted molar refractivity (Wildman–Crippen MR) is 45.7 cm³/mol. The van der Waals surface area contributed by atoms with E-state index in [1.807, 2.05) is 0 Å². The lowest BCUT2D eigenvalue weighted by Gasteiger charge is -1.99. The van der Waals surface area contributed by atoms with Crippen LogP contribution in [0.4, 0.5) is 0 Å². The van der Waals surface area contributed by atoms with Crippen molar-refractivity contribution in [3.63, 3.8) is 0 Å². The molecule has 0 aliphatic carbocycles. The van der Waals surface area contributed by atoms with Gasteiger partial charge in [-0.05, 0) is 12.1 Å². The molecule has 0 bridgehead atoms. The summed E-state index contributed by atoms with van der Waals surface area (Å²) in [6.07, 6.45) is 0. The van der Waals surface area contributed by atoms with Gasteiger partial charge in [0.15, 0.2) is 0 Å². The largest absolute Gasteiger partial charge is 0.138 e. The second-order valence-electron chi connectivity index (χ2n) is 2.60. The van der Waals surface area contributed by atoms with Gasteiger partial charge in [-0.2, -0.15) is 0 Å². The molecular weight excluding hydrogens is 136 g/mol. The van der Waals surface area contributed by atoms with Crippen LogP contribution in [0.5, 0.6) is 0 Å². The van der Waals surface area contributed by atoms with E-state index in [1.165, 1.54) is 5.56 Å². The van der Waals surface area contributed by atoms with Crippen LogP contribution in [0.3, 0.4) is 0 Å². The fraction of sp³-hybridized carbons (Fsp3) is 0.111. The van der Waals surface area contributed by atoms with Crippen LogP contribution in [0.1, 0.15) is 5.56 Å². The Labute approximate surface area is 62.8 Å². The zero-order valence-corrected chi connectivity index (χ0v) is 6.96. The Balaban J connectivity index is 2.39. The normalized spacial score (nSPS) is 15.7. The maximum Gasteiger partial charge on any atom is 0.138 e. The maximum absolute atomic E-state index is 2.33. The minimum atomic E-state index is -0.242. The zero-order chi connectivity index (χ0) is 6.97. The third-order valence-corrected chi connectivity index (χ3v) is 3.64. The minimum absolute atomic E-state index is 0.242. The second-order valence-corrected chi connectivity index (χ2v) is 4.72. The van der Waals surface area contributed by atoms with Crippen LogP contribution in [0.25, 0.3) is 0 Å². The van der Waals surface area contributed by atoms with Crippen LogP contribution in [0.15, 0.2) is 35.7 Å². The highest BCUT2D eigenvalue weighted by molar-refractivity contribution is 6.91. The van der Waals surface area contributed by atoms with Crippen molar-refractivity contribution >= 4 is 14.0 Å². The van der Waals surface area contributed by atoms with E-state index < -0.39 is 0 Å². The van der Waals surface area contributed by atoms with Gasteiger partial charge >= 0.3 is 0 Å². The van der Waals surface area contributed by atoms with Gasteiger partial charge in [0.05, 0.1) is 0 Å². The van der Waals surface area contributed by atoms with E-state index in [0.29, 0.717) is 0 Å². The molecule has 1 heterocycles. The molecule has 0 spiro atoms. The van der Waals surface area contributed by atoms with E-state index in [9.17, 15) is 0 Å². The first-order valence-corrected chi connectivity index (χ1v) is 5.14. The van der Waals surface area contributed by atoms with Gasteiger partial charge < -0.3 is 0 Å². The molecule has 1 heteroatoms. The molecule has 0 N–H and O–H groups in total. The Kier molecular flexibility index (Phi) is 1.24. The van der Waals surface area contributed by atoms with Crippen molar-refractivity contribution < 1.29 is 0 Å². The van der Waals surface area contributed by atoms with Gasteiger partial charge in [-0.25, -0.2) is 0 Å². The molecule has 1 aliphatic rings. The summed E-state index contributed by atoms with van der Waals surface area (Å²) in [4.78, 5) is 0. The van der Waals surface area contributed by atoms with Crippen LogP contribution in [-0.2, 0) is 0 Å². The van der Waals surface area contributed by atoms with Crippen LogP contribution >= 0.6 is 0 Å². The van der Waals surface area contributed by atoms with Crippen molar-refractivity contribution in [3.05, 3.63) is 41.2 Å². The summed E-state index contributed by atoms with van der Waals surface area (Å²) in [6, 6.07) is 8.65. The molecule has 0 nitrogen and oxygen atoms in total. The minimum Gasteiger partial charge on any atom is -0.0951 e. The van der Waals surface area contributed by atoms with Crippen LogP contribution < -0.4 is 5.19 Å². The number of aryl methyl sites for hydroxylation is 1. The molecule has 1 aromatic carbocycles. The van der Waals surface area contributed by atoms with E-state index >= 15 is 0 Å². The van der Waals surface area contributed by atoms with E-state index in [-0.39, 0.29) is 8.80 Å². The lowest BCUT2D eigenvalue weighted by Crippen LogP contribution is -2.19. The Morgan fingerprint density at radius 2 is 1.80 bits per heavy atom. The van der Waals surface area contributed by atoms with Crippen molar-refractivity contribution in [2.75, 3.05) is 0 Å². The van der Waals surface area contributed by atoms with Gasteiger partial charge in [0.25, 0.3) is 0 Å². The highest BCUT2D eigenvalue weighted by atomic mass is 28.3. The zero-order valence-electron chi connectivity index (χ0n) is 5.96. The standard InChI is InChI=1S/C9H9Si/c1-8-4-2-3-5-9(8)10-6-7-10/h2-7H,1H3. The molecule has 1 aliphatic heterocycles. The van der Waals surface area contributed by atoms with Gasteiger partial charge in [-0.3, -0.25) is 0 Å². The number of hydrogen-bond acceptors (Lipinski definition) is 0. The van der Waals surface area contributed by atoms with Gasteiger partial charge in [0.1, 0.15) is 8.80 Å². The summed E-state index contributed by atoms with van der Waals surface area (Å²) in [7, 11) is -0.242. The van der Waals surface area contributed by atoms with Crippen LogP contribution in [-0.4, -0.2) is 8.80 Å². The van der Waals surface area contributed by atoms with Crippen molar-refractivity contribution in [1.29, 1.82) is 0 Å². The molecule has 2 rings (SSSR count). The maximum atomic E-state index is 2.33. The average Bonchev–Trinajstić information content (AvgIpc) is 2.71. The van der Waals surface area contributed by atoms with E-state index in [4.69, 9.17) is 0 Å². The Hall–Kier alpha value is -0.823. The Morgan fingerprint density at radius 1 is 1.10 bits per heavy atom. The summed E-state index contributed by atoms with van der Waals surface area (Å²) in [5.41, 5.74) is 6.10. The third-order valence-electron chi connectivity index (χ3n) is 1.79. The smallest absolute Gasteiger partial charge is 0.0951 e. The molecule has 0 aromatic heterocycles. The van der Waals surface area contributed by atoms with Crippen molar-refractivity contribution in [1.82, 2.24) is 0 Å². The number of hydrogen-bond donors (Lipinski definition) is 0. The van der Waals surface area contributed by atoms with E-state index in [2.05, 4.69) is 42.6 Å². The summed E-state index contributed by atoms with van der Waals surface area (Å²) >= 11 is 0. The Bertz CT molecular complexity index is 270. The fourth-order valence-corrected chi connectivity index (χ4v) is 2.64. The van der Waals surface area contributed by atoms with Crippen LogP contribution in [0, 0.1) is 6.92 Å². The van der Waals surface area contributed by atoms with Gasteiger partial charge in [0, 0.05) is 0 Å². The molecule has 0 unspecified atom stereocenters. The van der Waals surface area contributed by atoms with Gasteiger partial charge in [0.2, 0.25) is 0 Å². The highest BCUT2D eigenvalue weighted by Crippen LogP contribution is 2.06. The first-order valence-electron chi connectivity index (χ1n) is 3.49. The Morgan fingerprint density at radius 3 is 2.40 bits per heavy atom.